The SMILES string of the molecule is CN=C(NCCc1cn2ccccc2n1)N1CC2CCCCC2C1. The first-order valence-corrected chi connectivity index (χ1v) is 9.21. The minimum absolute atomic E-state index is 0.877. The first-order chi connectivity index (χ1) is 11.8. The zero-order valence-corrected chi connectivity index (χ0v) is 14.5. The van der Waals surface area contributed by atoms with Crippen molar-refractivity contribution in [3.63, 3.8) is 0 Å². The van der Waals surface area contributed by atoms with Crippen molar-refractivity contribution < 1.29 is 0 Å². The second-order valence-electron chi connectivity index (χ2n) is 7.13. The minimum atomic E-state index is 0.877. The van der Waals surface area contributed by atoms with E-state index in [1.165, 1.54) is 38.8 Å². The van der Waals surface area contributed by atoms with Crippen LogP contribution in [0.3, 0.4) is 0 Å². The number of likely N-dealkylation sites (tertiary alicyclic amines) is 1. The van der Waals surface area contributed by atoms with Gasteiger partial charge in [0.2, 0.25) is 0 Å². The molecule has 2 aliphatic rings. The molecule has 1 N–H and O–H groups in total. The van der Waals surface area contributed by atoms with Crippen LogP contribution in [0.1, 0.15) is 31.4 Å². The third kappa shape index (κ3) is 3.12. The summed E-state index contributed by atoms with van der Waals surface area (Å²) >= 11 is 0. The third-order valence-electron chi connectivity index (χ3n) is 5.57. The molecular formula is C19H27N5. The Balaban J connectivity index is 1.32. The summed E-state index contributed by atoms with van der Waals surface area (Å²) in [7, 11) is 1.90. The highest BCUT2D eigenvalue weighted by atomic mass is 15.3. The van der Waals surface area contributed by atoms with E-state index in [0.29, 0.717) is 0 Å². The largest absolute Gasteiger partial charge is 0.356 e. The van der Waals surface area contributed by atoms with E-state index in [9.17, 15) is 0 Å². The molecule has 0 amide bonds. The number of hydrogen-bond acceptors (Lipinski definition) is 2. The summed E-state index contributed by atoms with van der Waals surface area (Å²) in [5.41, 5.74) is 2.14. The summed E-state index contributed by atoms with van der Waals surface area (Å²) in [6, 6.07) is 6.10. The fraction of sp³-hybridized carbons (Fsp3) is 0.579. The maximum atomic E-state index is 4.66. The molecule has 2 unspecified atom stereocenters. The first kappa shape index (κ1) is 15.5. The van der Waals surface area contributed by atoms with Gasteiger partial charge in [-0.05, 0) is 36.8 Å². The Morgan fingerprint density at radius 2 is 2.04 bits per heavy atom. The molecule has 0 aromatic carbocycles. The van der Waals surface area contributed by atoms with Gasteiger partial charge >= 0.3 is 0 Å². The Kier molecular flexibility index (Phi) is 4.41. The maximum Gasteiger partial charge on any atom is 0.193 e. The van der Waals surface area contributed by atoms with Gasteiger partial charge < -0.3 is 14.6 Å². The topological polar surface area (TPSA) is 44.9 Å². The van der Waals surface area contributed by atoms with Crippen LogP contribution in [-0.4, -0.2) is 46.9 Å². The van der Waals surface area contributed by atoms with Gasteiger partial charge in [-0.1, -0.05) is 18.9 Å². The summed E-state index contributed by atoms with van der Waals surface area (Å²) < 4.78 is 2.08. The second-order valence-corrected chi connectivity index (χ2v) is 7.13. The lowest BCUT2D eigenvalue weighted by molar-refractivity contribution is 0.299. The number of fused-ring (bicyclic) bond motifs is 2. The summed E-state index contributed by atoms with van der Waals surface area (Å²) in [5, 5.41) is 3.54. The number of hydrogen-bond donors (Lipinski definition) is 1. The van der Waals surface area contributed by atoms with Crippen molar-refractivity contribution in [1.29, 1.82) is 0 Å². The van der Waals surface area contributed by atoms with Crippen LogP contribution in [0.5, 0.6) is 0 Å². The van der Waals surface area contributed by atoms with Gasteiger partial charge in [0.25, 0.3) is 0 Å². The monoisotopic (exact) mass is 325 g/mol. The molecule has 24 heavy (non-hydrogen) atoms. The normalized spacial score (nSPS) is 24.4. The molecule has 2 atom stereocenters. The molecule has 1 aliphatic heterocycles. The highest BCUT2D eigenvalue weighted by Crippen LogP contribution is 2.35. The van der Waals surface area contributed by atoms with Crippen molar-refractivity contribution in [3.8, 4) is 0 Å². The smallest absolute Gasteiger partial charge is 0.193 e. The summed E-state index contributed by atoms with van der Waals surface area (Å²) in [5.74, 6) is 2.83. The molecule has 128 valence electrons. The maximum absolute atomic E-state index is 4.66. The fourth-order valence-corrected chi connectivity index (χ4v) is 4.32. The van der Waals surface area contributed by atoms with E-state index in [1.54, 1.807) is 0 Å². The van der Waals surface area contributed by atoms with E-state index in [2.05, 4.69) is 30.8 Å². The average molecular weight is 325 g/mol. The summed E-state index contributed by atoms with van der Waals surface area (Å²) in [6.07, 6.45) is 10.7. The Labute approximate surface area is 143 Å². The Morgan fingerprint density at radius 3 is 2.75 bits per heavy atom. The van der Waals surface area contributed by atoms with Crippen molar-refractivity contribution in [1.82, 2.24) is 19.6 Å². The van der Waals surface area contributed by atoms with Gasteiger partial charge in [0.15, 0.2) is 5.96 Å². The van der Waals surface area contributed by atoms with Crippen LogP contribution in [0.25, 0.3) is 5.65 Å². The fourth-order valence-electron chi connectivity index (χ4n) is 4.32. The lowest BCUT2D eigenvalue weighted by atomic mass is 9.82. The standard InChI is InChI=1S/C19H27N5/c1-20-19(24-12-15-6-2-3-7-16(15)13-24)21-10-9-17-14-23-11-5-4-8-18(23)22-17/h4-5,8,11,14-16H,2-3,6-7,9-10,12-13H2,1H3,(H,20,21). The predicted octanol–water partition coefficient (Wildman–Crippen LogP) is 2.57. The first-order valence-electron chi connectivity index (χ1n) is 9.21. The zero-order valence-electron chi connectivity index (χ0n) is 14.5. The predicted molar refractivity (Wildman–Crippen MR) is 97.3 cm³/mol. The Morgan fingerprint density at radius 1 is 1.25 bits per heavy atom. The average Bonchev–Trinajstić information content (AvgIpc) is 3.21. The van der Waals surface area contributed by atoms with Crippen LogP contribution < -0.4 is 5.32 Å². The molecular weight excluding hydrogens is 298 g/mol. The number of imidazole rings is 1. The number of guanidine groups is 1. The van der Waals surface area contributed by atoms with Gasteiger partial charge in [-0.25, -0.2) is 4.98 Å². The van der Waals surface area contributed by atoms with Gasteiger partial charge in [0, 0.05) is 45.5 Å². The van der Waals surface area contributed by atoms with Crippen LogP contribution >= 0.6 is 0 Å². The summed E-state index contributed by atoms with van der Waals surface area (Å²) in [4.78, 5) is 11.6. The van der Waals surface area contributed by atoms with Crippen molar-refractivity contribution >= 4 is 11.6 Å². The number of aliphatic imine (C=N–C) groups is 1. The molecule has 0 radical (unpaired) electrons. The molecule has 3 heterocycles. The van der Waals surface area contributed by atoms with Crippen molar-refractivity contribution in [3.05, 3.63) is 36.3 Å². The molecule has 1 aliphatic carbocycles. The quantitative estimate of drug-likeness (QED) is 0.697. The second kappa shape index (κ2) is 6.83. The number of aromatic nitrogens is 2. The highest BCUT2D eigenvalue weighted by Gasteiger charge is 2.35. The van der Waals surface area contributed by atoms with Crippen LogP contribution in [0.15, 0.2) is 35.6 Å². The van der Waals surface area contributed by atoms with E-state index in [4.69, 9.17) is 0 Å². The molecule has 2 fully saturated rings. The van der Waals surface area contributed by atoms with Crippen LogP contribution in [-0.2, 0) is 6.42 Å². The lowest BCUT2D eigenvalue weighted by Gasteiger charge is -2.22. The van der Waals surface area contributed by atoms with Crippen molar-refractivity contribution in [2.45, 2.75) is 32.1 Å². The third-order valence-corrected chi connectivity index (χ3v) is 5.57. The number of nitrogens with zero attached hydrogens (tertiary/aromatic N) is 4. The van der Waals surface area contributed by atoms with Gasteiger partial charge in [-0.3, -0.25) is 4.99 Å². The van der Waals surface area contributed by atoms with E-state index >= 15 is 0 Å². The van der Waals surface area contributed by atoms with Crippen molar-refractivity contribution in [2.75, 3.05) is 26.7 Å². The van der Waals surface area contributed by atoms with Gasteiger partial charge in [0.05, 0.1) is 5.69 Å². The number of nitrogens with one attached hydrogen (secondary N) is 1. The molecule has 5 nitrogen and oxygen atoms in total. The highest BCUT2D eigenvalue weighted by molar-refractivity contribution is 5.80. The Hall–Kier alpha value is -2.04. The zero-order chi connectivity index (χ0) is 16.4. The lowest BCUT2D eigenvalue weighted by Crippen LogP contribution is -2.41. The van der Waals surface area contributed by atoms with Crippen LogP contribution in [0.4, 0.5) is 0 Å². The van der Waals surface area contributed by atoms with Gasteiger partial charge in [-0.2, -0.15) is 0 Å². The minimum Gasteiger partial charge on any atom is -0.356 e. The summed E-state index contributed by atoms with van der Waals surface area (Å²) in [6.45, 7) is 3.24. The Bertz CT molecular complexity index is 672. The van der Waals surface area contributed by atoms with Gasteiger partial charge in [-0.15, -0.1) is 0 Å². The van der Waals surface area contributed by atoms with Crippen molar-refractivity contribution in [2.24, 2.45) is 16.8 Å². The number of pyridine rings is 1. The van der Waals surface area contributed by atoms with E-state index in [1.807, 2.05) is 31.4 Å². The molecule has 4 rings (SSSR count). The molecule has 0 spiro atoms. The molecule has 2 aromatic rings. The van der Waals surface area contributed by atoms with Crippen LogP contribution in [0, 0.1) is 11.8 Å². The number of rotatable bonds is 3. The van der Waals surface area contributed by atoms with E-state index in [-0.39, 0.29) is 0 Å². The van der Waals surface area contributed by atoms with Crippen LogP contribution in [0.2, 0.25) is 0 Å². The van der Waals surface area contributed by atoms with E-state index in [0.717, 1.165) is 42.1 Å². The molecule has 0 bridgehead atoms. The molecule has 5 heteroatoms. The molecule has 1 saturated heterocycles. The van der Waals surface area contributed by atoms with E-state index < -0.39 is 0 Å². The molecule has 2 aromatic heterocycles. The van der Waals surface area contributed by atoms with Gasteiger partial charge in [0.1, 0.15) is 5.65 Å². The molecule has 1 saturated carbocycles.